The average molecular weight is 275 g/mol. The summed E-state index contributed by atoms with van der Waals surface area (Å²) < 4.78 is 15.2. The predicted octanol–water partition coefficient (Wildman–Crippen LogP) is 4.06. The number of fused-ring (bicyclic) bond motifs is 1. The van der Waals surface area contributed by atoms with Crippen LogP contribution >= 0.6 is 11.6 Å². The molecule has 4 heteroatoms. The van der Waals surface area contributed by atoms with E-state index in [4.69, 9.17) is 17.3 Å². The molecule has 0 saturated heterocycles. The first-order valence-electron chi connectivity index (χ1n) is 5.92. The molecule has 0 bridgehead atoms. The van der Waals surface area contributed by atoms with E-state index in [2.05, 4.69) is 4.57 Å². The van der Waals surface area contributed by atoms with Gasteiger partial charge < -0.3 is 10.3 Å². The van der Waals surface area contributed by atoms with Crippen molar-refractivity contribution in [2.45, 2.75) is 6.54 Å². The van der Waals surface area contributed by atoms with Crippen LogP contribution < -0.4 is 5.73 Å². The Morgan fingerprint density at radius 3 is 2.74 bits per heavy atom. The third kappa shape index (κ3) is 2.29. The minimum Gasteiger partial charge on any atom is -0.398 e. The Morgan fingerprint density at radius 2 is 1.95 bits per heavy atom. The second kappa shape index (κ2) is 4.59. The van der Waals surface area contributed by atoms with Crippen molar-refractivity contribution >= 4 is 28.2 Å². The van der Waals surface area contributed by atoms with Gasteiger partial charge in [-0.2, -0.15) is 0 Å². The van der Waals surface area contributed by atoms with Gasteiger partial charge in [-0.1, -0.05) is 17.7 Å². The number of benzene rings is 2. The van der Waals surface area contributed by atoms with Crippen LogP contribution in [0.5, 0.6) is 0 Å². The number of anilines is 1. The molecule has 0 fully saturated rings. The maximum absolute atomic E-state index is 13.1. The van der Waals surface area contributed by atoms with Gasteiger partial charge in [-0.05, 0) is 42.0 Å². The standard InChI is InChI=1S/C15H12ClFN2/c16-13-3-1-10(7-14(13)18)9-19-6-5-11-8-12(17)2-4-15(11)19/h1-8H,9,18H2. The molecular formula is C15H12ClFN2. The molecule has 1 heterocycles. The monoisotopic (exact) mass is 274 g/mol. The molecule has 0 atom stereocenters. The molecule has 3 aromatic rings. The fourth-order valence-electron chi connectivity index (χ4n) is 2.20. The molecule has 0 unspecified atom stereocenters. The fraction of sp³-hybridized carbons (Fsp3) is 0.0667. The summed E-state index contributed by atoms with van der Waals surface area (Å²) in [5, 5.41) is 1.45. The van der Waals surface area contributed by atoms with Crippen molar-refractivity contribution in [2.75, 3.05) is 5.73 Å². The highest BCUT2D eigenvalue weighted by Gasteiger charge is 2.04. The topological polar surface area (TPSA) is 30.9 Å². The van der Waals surface area contributed by atoms with Crippen LogP contribution in [-0.4, -0.2) is 4.57 Å². The number of aromatic nitrogens is 1. The second-order valence-electron chi connectivity index (χ2n) is 4.50. The number of hydrogen-bond donors (Lipinski definition) is 1. The van der Waals surface area contributed by atoms with Crippen LogP contribution in [0.25, 0.3) is 10.9 Å². The van der Waals surface area contributed by atoms with Crippen LogP contribution in [-0.2, 0) is 6.54 Å². The summed E-state index contributed by atoms with van der Waals surface area (Å²) in [5.41, 5.74) is 8.42. The lowest BCUT2D eigenvalue weighted by molar-refractivity contribution is 0.629. The lowest BCUT2D eigenvalue weighted by Gasteiger charge is -2.07. The quantitative estimate of drug-likeness (QED) is 0.702. The van der Waals surface area contributed by atoms with E-state index in [9.17, 15) is 4.39 Å². The van der Waals surface area contributed by atoms with E-state index < -0.39 is 0 Å². The maximum atomic E-state index is 13.1. The molecule has 2 nitrogen and oxygen atoms in total. The third-order valence-corrected chi connectivity index (χ3v) is 3.49. The fourth-order valence-corrected chi connectivity index (χ4v) is 2.31. The van der Waals surface area contributed by atoms with Gasteiger partial charge in [0.2, 0.25) is 0 Å². The van der Waals surface area contributed by atoms with Gasteiger partial charge in [0.15, 0.2) is 0 Å². The van der Waals surface area contributed by atoms with E-state index in [1.165, 1.54) is 12.1 Å². The van der Waals surface area contributed by atoms with Crippen molar-refractivity contribution < 1.29 is 4.39 Å². The van der Waals surface area contributed by atoms with Gasteiger partial charge in [0.25, 0.3) is 0 Å². The van der Waals surface area contributed by atoms with Crippen LogP contribution in [0.15, 0.2) is 48.7 Å². The Morgan fingerprint density at radius 1 is 1.11 bits per heavy atom. The Bertz CT molecular complexity index is 749. The smallest absolute Gasteiger partial charge is 0.123 e. The first-order valence-corrected chi connectivity index (χ1v) is 6.29. The minimum atomic E-state index is -0.221. The summed E-state index contributed by atoms with van der Waals surface area (Å²) in [6.07, 6.45) is 1.94. The van der Waals surface area contributed by atoms with Crippen LogP contribution in [0.3, 0.4) is 0 Å². The van der Waals surface area contributed by atoms with E-state index in [0.29, 0.717) is 17.3 Å². The number of nitrogens with two attached hydrogens (primary N) is 1. The molecule has 1 aromatic heterocycles. The van der Waals surface area contributed by atoms with Gasteiger partial charge in [0, 0.05) is 23.6 Å². The Kier molecular flexibility index (Phi) is 2.91. The largest absolute Gasteiger partial charge is 0.398 e. The number of halogens is 2. The van der Waals surface area contributed by atoms with Gasteiger partial charge in [-0.3, -0.25) is 0 Å². The highest BCUT2D eigenvalue weighted by atomic mass is 35.5. The van der Waals surface area contributed by atoms with Gasteiger partial charge in [-0.15, -0.1) is 0 Å². The molecule has 19 heavy (non-hydrogen) atoms. The zero-order valence-electron chi connectivity index (χ0n) is 10.1. The second-order valence-corrected chi connectivity index (χ2v) is 4.91. The molecule has 0 amide bonds. The van der Waals surface area contributed by atoms with Crippen LogP contribution in [0.2, 0.25) is 5.02 Å². The summed E-state index contributed by atoms with van der Waals surface area (Å²) in [5.74, 6) is -0.221. The minimum absolute atomic E-state index is 0.221. The molecule has 2 N–H and O–H groups in total. The molecule has 0 spiro atoms. The molecular weight excluding hydrogens is 263 g/mol. The summed E-state index contributed by atoms with van der Waals surface area (Å²) in [4.78, 5) is 0. The van der Waals surface area contributed by atoms with E-state index in [0.717, 1.165) is 16.5 Å². The Labute approximate surface area is 115 Å². The molecule has 96 valence electrons. The van der Waals surface area contributed by atoms with E-state index in [1.54, 1.807) is 12.1 Å². The highest BCUT2D eigenvalue weighted by molar-refractivity contribution is 6.33. The van der Waals surface area contributed by atoms with Crippen LogP contribution in [0, 0.1) is 5.82 Å². The molecule has 0 radical (unpaired) electrons. The summed E-state index contributed by atoms with van der Waals surface area (Å²) >= 11 is 5.90. The van der Waals surface area contributed by atoms with Crippen molar-refractivity contribution in [1.82, 2.24) is 4.57 Å². The van der Waals surface area contributed by atoms with Crippen LogP contribution in [0.4, 0.5) is 10.1 Å². The molecule has 0 saturated carbocycles. The molecule has 2 aromatic carbocycles. The number of nitrogen functional groups attached to an aromatic ring is 1. The first kappa shape index (κ1) is 12.1. The summed E-state index contributed by atoms with van der Waals surface area (Å²) in [6, 6.07) is 12.3. The number of hydrogen-bond acceptors (Lipinski definition) is 1. The molecule has 3 rings (SSSR count). The lowest BCUT2D eigenvalue weighted by atomic mass is 10.2. The van der Waals surface area contributed by atoms with Crippen LogP contribution in [0.1, 0.15) is 5.56 Å². The van der Waals surface area contributed by atoms with Crippen molar-refractivity contribution in [2.24, 2.45) is 0 Å². The highest BCUT2D eigenvalue weighted by Crippen LogP contribution is 2.22. The molecule has 0 aliphatic heterocycles. The van der Waals surface area contributed by atoms with E-state index >= 15 is 0 Å². The van der Waals surface area contributed by atoms with Gasteiger partial charge >= 0.3 is 0 Å². The Balaban J connectivity index is 1.98. The van der Waals surface area contributed by atoms with Gasteiger partial charge in [0.1, 0.15) is 5.82 Å². The predicted molar refractivity (Wildman–Crippen MR) is 76.9 cm³/mol. The Hall–Kier alpha value is -2.00. The van der Waals surface area contributed by atoms with E-state index in [1.807, 2.05) is 24.4 Å². The lowest BCUT2D eigenvalue weighted by Crippen LogP contribution is -1.99. The summed E-state index contributed by atoms with van der Waals surface area (Å²) in [7, 11) is 0. The summed E-state index contributed by atoms with van der Waals surface area (Å²) in [6.45, 7) is 0.677. The average Bonchev–Trinajstić information content (AvgIpc) is 2.76. The molecule has 0 aliphatic rings. The molecule has 0 aliphatic carbocycles. The zero-order valence-corrected chi connectivity index (χ0v) is 10.9. The van der Waals surface area contributed by atoms with Crippen molar-refractivity contribution in [3.63, 3.8) is 0 Å². The van der Waals surface area contributed by atoms with Gasteiger partial charge in [0.05, 0.1) is 10.7 Å². The van der Waals surface area contributed by atoms with Crippen molar-refractivity contribution in [3.05, 3.63) is 65.1 Å². The van der Waals surface area contributed by atoms with Gasteiger partial charge in [-0.25, -0.2) is 4.39 Å². The third-order valence-electron chi connectivity index (χ3n) is 3.15. The zero-order chi connectivity index (χ0) is 13.4. The normalized spacial score (nSPS) is 11.1. The number of rotatable bonds is 2. The van der Waals surface area contributed by atoms with Crippen molar-refractivity contribution in [3.8, 4) is 0 Å². The number of nitrogens with zero attached hydrogens (tertiary/aromatic N) is 1. The maximum Gasteiger partial charge on any atom is 0.123 e. The first-order chi connectivity index (χ1) is 9.13. The van der Waals surface area contributed by atoms with Crippen molar-refractivity contribution in [1.29, 1.82) is 0 Å². The van der Waals surface area contributed by atoms with E-state index in [-0.39, 0.29) is 5.82 Å². The SMILES string of the molecule is Nc1cc(Cn2ccc3cc(F)ccc32)ccc1Cl.